The van der Waals surface area contributed by atoms with E-state index in [-0.39, 0.29) is 16.7 Å². The van der Waals surface area contributed by atoms with Gasteiger partial charge in [0.05, 0.1) is 16.7 Å². The largest absolute Gasteiger partial charge is 0.429 e. The second-order valence-electron chi connectivity index (χ2n) is 10.0. The fourth-order valence-corrected chi connectivity index (χ4v) is 4.28. The van der Waals surface area contributed by atoms with E-state index in [2.05, 4.69) is 28.4 Å². The summed E-state index contributed by atoms with van der Waals surface area (Å²) in [5.74, 6) is 1.84. The molecule has 11 heteroatoms. The molecule has 238 valence electrons. The van der Waals surface area contributed by atoms with Gasteiger partial charge in [-0.15, -0.1) is 0 Å². The van der Waals surface area contributed by atoms with E-state index in [1.165, 1.54) is 12.1 Å². The molecule has 0 atom stereocenters. The van der Waals surface area contributed by atoms with Gasteiger partial charge in [-0.05, 0) is 73.0 Å². The van der Waals surface area contributed by atoms with E-state index < -0.39 is 63.8 Å². The zero-order chi connectivity index (χ0) is 33.6. The normalized spacial score (nSPS) is 11.4. The topological polar surface area (TPSA) is 9.23 Å². The Hall–Kier alpha value is -4.90. The van der Waals surface area contributed by atoms with Crippen molar-refractivity contribution in [2.45, 2.75) is 44.9 Å². The van der Waals surface area contributed by atoms with Crippen LogP contribution in [0.15, 0.2) is 66.7 Å². The fraction of sp³-hybridized carbons (Fsp3) is 0.200. The van der Waals surface area contributed by atoms with Crippen LogP contribution in [0.25, 0.3) is 0 Å². The van der Waals surface area contributed by atoms with Gasteiger partial charge in [0, 0.05) is 17.2 Å². The van der Waals surface area contributed by atoms with Gasteiger partial charge in [0.15, 0.2) is 0 Å². The Morgan fingerprint density at radius 2 is 1.17 bits per heavy atom. The van der Waals surface area contributed by atoms with Crippen LogP contribution < -0.4 is 4.74 Å². The van der Waals surface area contributed by atoms with Crippen LogP contribution >= 0.6 is 0 Å². The maximum absolute atomic E-state index is 14.7. The van der Waals surface area contributed by atoms with Crippen LogP contribution in [-0.2, 0) is 18.7 Å². The van der Waals surface area contributed by atoms with Crippen molar-refractivity contribution in [2.75, 3.05) is 0 Å². The highest BCUT2D eigenvalue weighted by Crippen LogP contribution is 2.35. The predicted molar refractivity (Wildman–Crippen MR) is 150 cm³/mol. The number of unbranched alkanes of at least 4 members (excludes halogenated alkanes) is 2. The lowest BCUT2D eigenvalue weighted by molar-refractivity contribution is -0.187. The van der Waals surface area contributed by atoms with Gasteiger partial charge >= 0.3 is 12.3 Å². The second kappa shape index (κ2) is 14.0. The molecule has 0 saturated heterocycles. The van der Waals surface area contributed by atoms with E-state index in [4.69, 9.17) is 0 Å². The Labute approximate surface area is 257 Å². The molecule has 0 aromatic heterocycles. The maximum atomic E-state index is 14.7. The molecule has 0 fully saturated rings. The summed E-state index contributed by atoms with van der Waals surface area (Å²) in [4.78, 5) is 0. The first kappa shape index (κ1) is 34.0. The first-order valence-electron chi connectivity index (χ1n) is 13.7. The van der Waals surface area contributed by atoms with Crippen molar-refractivity contribution in [2.24, 2.45) is 0 Å². The van der Waals surface area contributed by atoms with Gasteiger partial charge in [0.1, 0.15) is 40.4 Å². The van der Waals surface area contributed by atoms with E-state index in [0.717, 1.165) is 55.7 Å². The highest BCUT2D eigenvalue weighted by molar-refractivity contribution is 5.50. The Kier molecular flexibility index (Phi) is 10.4. The fourth-order valence-electron chi connectivity index (χ4n) is 4.28. The molecule has 0 spiro atoms. The summed E-state index contributed by atoms with van der Waals surface area (Å²) in [6.07, 6.45) is -6.18. The average molecular weight is 649 g/mol. The van der Waals surface area contributed by atoms with Crippen molar-refractivity contribution in [3.8, 4) is 29.4 Å². The number of benzene rings is 4. The van der Waals surface area contributed by atoms with Crippen molar-refractivity contribution in [3.05, 3.63) is 135 Å². The number of aryl methyl sites for hydroxylation is 1. The molecule has 4 rings (SSSR count). The summed E-state index contributed by atoms with van der Waals surface area (Å²) in [5.41, 5.74) is -3.48. The zero-order valence-corrected chi connectivity index (χ0v) is 23.9. The Bertz CT molecular complexity index is 1850. The van der Waals surface area contributed by atoms with Gasteiger partial charge in [-0.1, -0.05) is 49.5 Å². The van der Waals surface area contributed by atoms with Crippen molar-refractivity contribution in [1.82, 2.24) is 0 Å². The Morgan fingerprint density at radius 1 is 0.587 bits per heavy atom. The van der Waals surface area contributed by atoms with Crippen molar-refractivity contribution < 1.29 is 48.6 Å². The Morgan fingerprint density at radius 3 is 1.74 bits per heavy atom. The van der Waals surface area contributed by atoms with Crippen molar-refractivity contribution >= 4 is 0 Å². The number of ether oxygens (including phenoxy) is 1. The van der Waals surface area contributed by atoms with E-state index in [9.17, 15) is 43.9 Å². The number of alkyl halides is 5. The summed E-state index contributed by atoms with van der Waals surface area (Å²) < 4.78 is 143. The SMILES string of the molecule is CCCCCc1ccc(C(F)(F)Oc2ccc(C#Cc3ccc(C#Cc4cc(F)c(C(F)(F)F)c(F)c4)c(F)c3)c(F)c2)c(F)c1. The third kappa shape index (κ3) is 8.42. The summed E-state index contributed by atoms with van der Waals surface area (Å²) in [5, 5.41) is 0. The van der Waals surface area contributed by atoms with Gasteiger partial charge in [0.25, 0.3) is 0 Å². The van der Waals surface area contributed by atoms with Gasteiger partial charge in [-0.2, -0.15) is 22.0 Å². The molecule has 46 heavy (non-hydrogen) atoms. The minimum absolute atomic E-state index is 0.0366. The summed E-state index contributed by atoms with van der Waals surface area (Å²) in [6, 6.07) is 10.1. The van der Waals surface area contributed by atoms with Crippen LogP contribution in [-0.4, -0.2) is 0 Å². The molecule has 1 nitrogen and oxygen atoms in total. The predicted octanol–water partition coefficient (Wildman–Crippen LogP) is 10.1. The molecule has 0 amide bonds. The van der Waals surface area contributed by atoms with Gasteiger partial charge in [-0.25, -0.2) is 22.0 Å². The Balaban J connectivity index is 1.46. The van der Waals surface area contributed by atoms with Gasteiger partial charge < -0.3 is 4.74 Å². The third-order valence-electron chi connectivity index (χ3n) is 6.58. The molecule has 4 aromatic rings. The quantitative estimate of drug-likeness (QED) is 0.110. The van der Waals surface area contributed by atoms with Crippen LogP contribution in [0.3, 0.4) is 0 Å². The number of rotatable bonds is 7. The van der Waals surface area contributed by atoms with Crippen LogP contribution in [0, 0.1) is 52.8 Å². The van der Waals surface area contributed by atoms with Crippen LogP contribution in [0.5, 0.6) is 5.75 Å². The molecule has 0 aliphatic heterocycles. The lowest BCUT2D eigenvalue weighted by Crippen LogP contribution is -2.23. The minimum atomic E-state index is -5.25. The van der Waals surface area contributed by atoms with Crippen molar-refractivity contribution in [3.63, 3.8) is 0 Å². The molecule has 0 aliphatic carbocycles. The maximum Gasteiger partial charge on any atom is 0.429 e. The van der Waals surface area contributed by atoms with Crippen LogP contribution in [0.1, 0.15) is 65.1 Å². The average Bonchev–Trinajstić information content (AvgIpc) is 2.95. The minimum Gasteiger partial charge on any atom is -0.429 e. The molecule has 0 saturated carbocycles. The summed E-state index contributed by atoms with van der Waals surface area (Å²) >= 11 is 0. The monoisotopic (exact) mass is 648 g/mol. The highest BCUT2D eigenvalue weighted by Gasteiger charge is 2.38. The van der Waals surface area contributed by atoms with E-state index in [1.807, 2.05) is 6.92 Å². The first-order valence-corrected chi connectivity index (χ1v) is 13.7. The van der Waals surface area contributed by atoms with E-state index >= 15 is 0 Å². The van der Waals surface area contributed by atoms with E-state index in [1.54, 1.807) is 0 Å². The highest BCUT2D eigenvalue weighted by atomic mass is 19.4. The molecule has 0 unspecified atom stereocenters. The zero-order valence-electron chi connectivity index (χ0n) is 23.9. The first-order chi connectivity index (χ1) is 21.7. The van der Waals surface area contributed by atoms with Gasteiger partial charge in [0.2, 0.25) is 0 Å². The molecule has 0 aliphatic rings. The molecule has 0 bridgehead atoms. The number of halogens is 10. The van der Waals surface area contributed by atoms with Crippen LogP contribution in [0.2, 0.25) is 0 Å². The smallest absolute Gasteiger partial charge is 0.429 e. The lowest BCUT2D eigenvalue weighted by atomic mass is 10.0. The van der Waals surface area contributed by atoms with E-state index in [0.29, 0.717) is 30.2 Å². The third-order valence-corrected chi connectivity index (χ3v) is 6.58. The molecule has 4 aromatic carbocycles. The summed E-state index contributed by atoms with van der Waals surface area (Å²) in [7, 11) is 0. The molecular formula is C35H22F10O. The van der Waals surface area contributed by atoms with Gasteiger partial charge in [-0.3, -0.25) is 0 Å². The second-order valence-corrected chi connectivity index (χ2v) is 10.0. The standard InChI is InChI=1S/C35H22F10O/c1-2-3-4-5-21-9-15-27(30(38)17-21)35(44,45)46-26-14-13-25(29(37)20-26)11-7-22-6-10-24(28(36)16-22)12-8-23-18-31(39)33(32(40)19-23)34(41,42)43/h6,9-10,13-20H,2-5H2,1H3. The summed E-state index contributed by atoms with van der Waals surface area (Å²) in [6.45, 7) is 2.00. The molecule has 0 N–H and O–H groups in total. The molecule has 0 heterocycles. The van der Waals surface area contributed by atoms with Crippen LogP contribution in [0.4, 0.5) is 43.9 Å². The van der Waals surface area contributed by atoms with Crippen molar-refractivity contribution in [1.29, 1.82) is 0 Å². The number of hydrogen-bond acceptors (Lipinski definition) is 1. The lowest BCUT2D eigenvalue weighted by Gasteiger charge is -2.19. The molecular weight excluding hydrogens is 626 g/mol. The molecule has 0 radical (unpaired) electrons. The number of hydrogen-bond donors (Lipinski definition) is 0.